The van der Waals surface area contributed by atoms with Crippen molar-refractivity contribution < 1.29 is 33.3 Å². The van der Waals surface area contributed by atoms with E-state index in [0.717, 1.165) is 0 Å². The van der Waals surface area contributed by atoms with Gasteiger partial charge in [0.2, 0.25) is 5.78 Å². The quantitative estimate of drug-likeness (QED) is 0.631. The molecule has 0 radical (unpaired) electrons. The molecule has 10 atom stereocenters. The summed E-state index contributed by atoms with van der Waals surface area (Å²) in [5.41, 5.74) is -1.37. The van der Waals surface area contributed by atoms with Crippen molar-refractivity contribution >= 4 is 17.7 Å². The van der Waals surface area contributed by atoms with E-state index < -0.39 is 29.0 Å². The highest BCUT2D eigenvalue weighted by Crippen LogP contribution is 2.68. The van der Waals surface area contributed by atoms with Gasteiger partial charge in [0.05, 0.1) is 13.2 Å². The molecular formula is C24H34O7. The van der Waals surface area contributed by atoms with Crippen molar-refractivity contribution in [3.8, 4) is 0 Å². The Labute approximate surface area is 183 Å². The number of Topliss-reactive ketones (excluding diaryl/α,β-unsaturated/α-hetero) is 1. The van der Waals surface area contributed by atoms with Crippen molar-refractivity contribution in [1.82, 2.24) is 0 Å². The second-order valence-electron chi connectivity index (χ2n) is 10.3. The Hall–Kier alpha value is -1.89. The number of carbonyl (C=O) groups excluding carboxylic acids is 3. The first-order valence-electron chi connectivity index (χ1n) is 11.2. The van der Waals surface area contributed by atoms with Gasteiger partial charge in [-0.25, -0.2) is 0 Å². The zero-order valence-corrected chi connectivity index (χ0v) is 19.5. The molecule has 7 heteroatoms. The number of esters is 2. The number of methoxy groups -OCH3 is 2. The van der Waals surface area contributed by atoms with E-state index in [4.69, 9.17) is 18.9 Å². The molecule has 0 aromatic carbocycles. The molecule has 0 amide bonds. The Morgan fingerprint density at radius 2 is 1.81 bits per heavy atom. The van der Waals surface area contributed by atoms with E-state index in [2.05, 4.69) is 13.8 Å². The Morgan fingerprint density at radius 3 is 2.39 bits per heavy atom. The molecule has 7 nitrogen and oxygen atoms in total. The van der Waals surface area contributed by atoms with E-state index in [0.29, 0.717) is 12.2 Å². The van der Waals surface area contributed by atoms with Gasteiger partial charge in [-0.1, -0.05) is 27.7 Å². The highest BCUT2D eigenvalue weighted by atomic mass is 16.6. The lowest BCUT2D eigenvalue weighted by Gasteiger charge is -2.68. The van der Waals surface area contributed by atoms with Crippen molar-refractivity contribution in [2.75, 3.05) is 14.2 Å². The van der Waals surface area contributed by atoms with Crippen molar-refractivity contribution in [3.63, 3.8) is 0 Å². The standard InChI is InChI=1S/C24H34O7/c1-11-8-16(28-6)22(27)24(5)14(11)9-17-23(4)15(10-18(26)31-17)12(2)19(29-7)20(21(23)24)30-13(3)25/h8,11-12,14-15,17,19-21H,9-10H2,1-7H3/t11-,12-,14+,15+,17-,19+,20-,21?,23-,24+/m1/s1. The number of ketones is 1. The third-order valence-corrected chi connectivity index (χ3v) is 9.07. The van der Waals surface area contributed by atoms with Gasteiger partial charge in [-0.15, -0.1) is 0 Å². The minimum absolute atomic E-state index is 0.0413. The number of hydrogen-bond acceptors (Lipinski definition) is 7. The van der Waals surface area contributed by atoms with E-state index in [1.165, 1.54) is 14.0 Å². The molecule has 0 spiro atoms. The van der Waals surface area contributed by atoms with Gasteiger partial charge in [-0.3, -0.25) is 14.4 Å². The fourth-order valence-electron chi connectivity index (χ4n) is 7.83. The number of rotatable bonds is 3. The van der Waals surface area contributed by atoms with Gasteiger partial charge < -0.3 is 18.9 Å². The minimum Gasteiger partial charge on any atom is -0.493 e. The second kappa shape index (κ2) is 7.32. The summed E-state index contributed by atoms with van der Waals surface area (Å²) in [5, 5.41) is 0. The summed E-state index contributed by atoms with van der Waals surface area (Å²) in [7, 11) is 3.12. The Balaban J connectivity index is 1.96. The Kier molecular flexibility index (Phi) is 5.27. The summed E-state index contributed by atoms with van der Waals surface area (Å²) in [6.45, 7) is 9.61. The number of allylic oxidation sites excluding steroid dienone is 2. The fraction of sp³-hybridized carbons (Fsp3) is 0.792. The smallest absolute Gasteiger partial charge is 0.306 e. The maximum atomic E-state index is 13.9. The Morgan fingerprint density at radius 1 is 1.13 bits per heavy atom. The zero-order valence-electron chi connectivity index (χ0n) is 19.5. The Bertz CT molecular complexity index is 834. The van der Waals surface area contributed by atoms with E-state index in [1.54, 1.807) is 7.11 Å². The van der Waals surface area contributed by atoms with Crippen LogP contribution in [-0.4, -0.2) is 50.3 Å². The van der Waals surface area contributed by atoms with Crippen LogP contribution in [0.5, 0.6) is 0 Å². The van der Waals surface area contributed by atoms with Crippen molar-refractivity contribution in [2.24, 2.45) is 40.4 Å². The summed E-state index contributed by atoms with van der Waals surface area (Å²) in [6, 6.07) is 0. The van der Waals surface area contributed by atoms with Gasteiger partial charge in [0, 0.05) is 37.2 Å². The molecule has 1 unspecified atom stereocenters. The van der Waals surface area contributed by atoms with Gasteiger partial charge >= 0.3 is 11.9 Å². The average Bonchev–Trinajstić information content (AvgIpc) is 2.69. The molecule has 3 aliphatic carbocycles. The number of ether oxygens (including phenoxy) is 4. The predicted octanol–water partition coefficient (Wildman–Crippen LogP) is 2.91. The summed E-state index contributed by atoms with van der Waals surface area (Å²) < 4.78 is 23.3. The van der Waals surface area contributed by atoms with Crippen molar-refractivity contribution in [3.05, 3.63) is 11.8 Å². The molecule has 2 saturated carbocycles. The summed E-state index contributed by atoms with van der Waals surface area (Å²) in [4.78, 5) is 38.7. The first-order chi connectivity index (χ1) is 14.5. The second-order valence-corrected chi connectivity index (χ2v) is 10.3. The molecule has 3 fully saturated rings. The molecule has 1 heterocycles. The summed E-state index contributed by atoms with van der Waals surface area (Å²) >= 11 is 0. The van der Waals surface area contributed by atoms with E-state index >= 15 is 0 Å². The van der Waals surface area contributed by atoms with Crippen LogP contribution in [0.15, 0.2) is 11.8 Å². The van der Waals surface area contributed by atoms with Gasteiger partial charge in [0.1, 0.15) is 12.2 Å². The zero-order chi connectivity index (χ0) is 22.9. The summed E-state index contributed by atoms with van der Waals surface area (Å²) in [6.07, 6.45) is 1.36. The monoisotopic (exact) mass is 434 g/mol. The van der Waals surface area contributed by atoms with Crippen LogP contribution < -0.4 is 0 Å². The molecule has 31 heavy (non-hydrogen) atoms. The maximum absolute atomic E-state index is 13.9. The number of hydrogen-bond donors (Lipinski definition) is 0. The van der Waals surface area contributed by atoms with Crippen LogP contribution in [0.3, 0.4) is 0 Å². The fourth-order valence-corrected chi connectivity index (χ4v) is 7.83. The molecule has 0 bridgehead atoms. The lowest BCUT2D eigenvalue weighted by atomic mass is 9.38. The topological polar surface area (TPSA) is 88.1 Å². The largest absolute Gasteiger partial charge is 0.493 e. The van der Waals surface area contributed by atoms with Crippen LogP contribution in [-0.2, 0) is 33.3 Å². The van der Waals surface area contributed by atoms with Crippen LogP contribution in [0.4, 0.5) is 0 Å². The van der Waals surface area contributed by atoms with Crippen LogP contribution in [0.2, 0.25) is 0 Å². The molecule has 0 aromatic heterocycles. The first-order valence-corrected chi connectivity index (χ1v) is 11.2. The SMILES string of the molecule is COC1=C[C@@H](C)[C@@H]2C[C@H]3OC(=O)C[C@H]4[C@@H](C)[C@H](OC)[C@@H](OC(C)=O)C([C@@]34C)[C@@]2(C)C1=O. The maximum Gasteiger partial charge on any atom is 0.306 e. The highest BCUT2D eigenvalue weighted by Gasteiger charge is 2.74. The third-order valence-electron chi connectivity index (χ3n) is 9.07. The van der Waals surface area contributed by atoms with Gasteiger partial charge in [0.15, 0.2) is 5.76 Å². The highest BCUT2D eigenvalue weighted by molar-refractivity contribution is 5.99. The molecular weight excluding hydrogens is 400 g/mol. The normalized spacial score (nSPS) is 48.7. The van der Waals surface area contributed by atoms with E-state index in [-0.39, 0.29) is 53.9 Å². The van der Waals surface area contributed by atoms with Crippen LogP contribution in [0, 0.1) is 40.4 Å². The summed E-state index contributed by atoms with van der Waals surface area (Å²) in [5.74, 6) is -0.817. The number of fused-ring (bicyclic) bond motifs is 2. The van der Waals surface area contributed by atoms with Crippen LogP contribution in [0.25, 0.3) is 0 Å². The molecule has 4 aliphatic rings. The molecule has 0 aromatic rings. The van der Waals surface area contributed by atoms with Gasteiger partial charge in [0.25, 0.3) is 0 Å². The minimum atomic E-state index is -0.843. The van der Waals surface area contributed by atoms with Gasteiger partial charge in [-0.05, 0) is 36.2 Å². The lowest BCUT2D eigenvalue weighted by molar-refractivity contribution is -0.283. The molecule has 0 N–H and O–H groups in total. The molecule has 1 saturated heterocycles. The van der Waals surface area contributed by atoms with E-state index in [1.807, 2.05) is 19.9 Å². The number of carbonyl (C=O) groups is 3. The molecule has 172 valence electrons. The van der Waals surface area contributed by atoms with E-state index in [9.17, 15) is 14.4 Å². The van der Waals surface area contributed by atoms with Gasteiger partial charge in [-0.2, -0.15) is 0 Å². The molecule has 4 rings (SSSR count). The average molecular weight is 435 g/mol. The van der Waals surface area contributed by atoms with Crippen LogP contribution >= 0.6 is 0 Å². The first kappa shape index (κ1) is 22.3. The van der Waals surface area contributed by atoms with Crippen LogP contribution in [0.1, 0.15) is 47.5 Å². The lowest BCUT2D eigenvalue weighted by Crippen LogP contribution is -2.74. The predicted molar refractivity (Wildman–Crippen MR) is 111 cm³/mol. The van der Waals surface area contributed by atoms with Crippen molar-refractivity contribution in [2.45, 2.75) is 65.8 Å². The third kappa shape index (κ3) is 2.84. The van der Waals surface area contributed by atoms with Crippen molar-refractivity contribution in [1.29, 1.82) is 0 Å². The molecule has 1 aliphatic heterocycles.